The monoisotopic (exact) mass is 299 g/mol. The molecular weight excluding hydrogens is 282 g/mol. The van der Waals surface area contributed by atoms with Crippen molar-refractivity contribution in [1.82, 2.24) is 0 Å². The van der Waals surface area contributed by atoms with E-state index in [1.165, 1.54) is 11.1 Å². The fourth-order valence-corrected chi connectivity index (χ4v) is 2.72. The van der Waals surface area contributed by atoms with Crippen LogP contribution in [-0.4, -0.2) is 11.7 Å². The van der Waals surface area contributed by atoms with Crippen LogP contribution in [0.3, 0.4) is 0 Å². The molecule has 1 aromatic carbocycles. The summed E-state index contributed by atoms with van der Waals surface area (Å²) >= 11 is 3.55. The maximum Gasteiger partial charge on any atom is 0.405 e. The number of hydrogen-bond donors (Lipinski definition) is 1. The molecule has 0 atom stereocenters. The Hall–Kier alpha value is -1.03. The molecule has 0 unspecified atom stereocenters. The Labute approximate surface area is 110 Å². The molecule has 3 nitrogen and oxygen atoms in total. The van der Waals surface area contributed by atoms with E-state index in [-0.39, 0.29) is 0 Å². The Morgan fingerprint density at radius 3 is 2.47 bits per heavy atom. The minimum absolute atomic E-state index is 0.603. The molecular formula is C13H18BrNO2. The lowest BCUT2D eigenvalue weighted by Crippen LogP contribution is -2.33. The third-order valence-electron chi connectivity index (χ3n) is 2.54. The number of hydrogen-bond acceptors (Lipinski definition) is 2. The zero-order valence-electron chi connectivity index (χ0n) is 10.6. The van der Waals surface area contributed by atoms with E-state index < -0.39 is 11.7 Å². The first-order valence-corrected chi connectivity index (χ1v) is 6.24. The maximum absolute atomic E-state index is 10.8. The molecule has 0 aliphatic rings. The molecule has 0 spiro atoms. The molecule has 94 valence electrons. The molecule has 17 heavy (non-hydrogen) atoms. The molecule has 0 heterocycles. The van der Waals surface area contributed by atoms with Gasteiger partial charge in [0.25, 0.3) is 0 Å². The van der Waals surface area contributed by atoms with Gasteiger partial charge in [-0.3, -0.25) is 0 Å². The average molecular weight is 300 g/mol. The van der Waals surface area contributed by atoms with Gasteiger partial charge >= 0.3 is 6.09 Å². The SMILES string of the molecule is Cc1cc(C)c(CC(C)(C)OC(N)=O)c(Br)c1. The molecule has 0 fully saturated rings. The minimum atomic E-state index is -0.740. The zero-order valence-corrected chi connectivity index (χ0v) is 12.2. The molecule has 0 saturated heterocycles. The van der Waals surface area contributed by atoms with Crippen LogP contribution in [0, 0.1) is 13.8 Å². The quantitative estimate of drug-likeness (QED) is 0.929. The lowest BCUT2D eigenvalue weighted by molar-refractivity contribution is 0.0458. The highest BCUT2D eigenvalue weighted by molar-refractivity contribution is 9.10. The summed E-state index contributed by atoms with van der Waals surface area (Å²) in [5.41, 5.74) is 7.98. The van der Waals surface area contributed by atoms with Crippen molar-refractivity contribution in [3.8, 4) is 0 Å². The van der Waals surface area contributed by atoms with Crippen LogP contribution >= 0.6 is 15.9 Å². The first-order chi connectivity index (χ1) is 7.71. The van der Waals surface area contributed by atoms with Gasteiger partial charge in [-0.2, -0.15) is 0 Å². The number of primary amides is 1. The van der Waals surface area contributed by atoms with E-state index in [9.17, 15) is 4.79 Å². The number of benzene rings is 1. The van der Waals surface area contributed by atoms with Gasteiger partial charge in [0.1, 0.15) is 5.60 Å². The highest BCUT2D eigenvalue weighted by Gasteiger charge is 2.24. The molecule has 4 heteroatoms. The minimum Gasteiger partial charge on any atom is -0.443 e. The van der Waals surface area contributed by atoms with Gasteiger partial charge in [-0.1, -0.05) is 22.0 Å². The van der Waals surface area contributed by atoms with E-state index in [1.54, 1.807) is 0 Å². The number of amides is 1. The van der Waals surface area contributed by atoms with Gasteiger partial charge in [-0.15, -0.1) is 0 Å². The largest absolute Gasteiger partial charge is 0.443 e. The van der Waals surface area contributed by atoms with Gasteiger partial charge in [-0.05, 0) is 50.5 Å². The summed E-state index contributed by atoms with van der Waals surface area (Å²) < 4.78 is 6.14. The second-order valence-corrected chi connectivity index (χ2v) is 5.75. The molecule has 1 amide bonds. The third kappa shape index (κ3) is 4.04. The van der Waals surface area contributed by atoms with E-state index >= 15 is 0 Å². The van der Waals surface area contributed by atoms with Crippen molar-refractivity contribution in [2.75, 3.05) is 0 Å². The molecule has 0 radical (unpaired) electrons. The lowest BCUT2D eigenvalue weighted by Gasteiger charge is -2.25. The smallest absolute Gasteiger partial charge is 0.405 e. The van der Waals surface area contributed by atoms with Crippen LogP contribution in [0.15, 0.2) is 16.6 Å². The van der Waals surface area contributed by atoms with Gasteiger partial charge in [-0.25, -0.2) is 4.79 Å². The van der Waals surface area contributed by atoms with Crippen LogP contribution in [0.25, 0.3) is 0 Å². The standard InChI is InChI=1S/C13H18BrNO2/c1-8-5-9(2)10(11(14)6-8)7-13(3,4)17-12(15)16/h5-6H,7H2,1-4H3,(H2,15,16). The van der Waals surface area contributed by atoms with Crippen LogP contribution in [0.5, 0.6) is 0 Å². The predicted octanol–water partition coefficient (Wildman–Crippen LogP) is 3.48. The Kier molecular flexibility index (Phi) is 4.20. The van der Waals surface area contributed by atoms with Gasteiger partial charge < -0.3 is 10.5 Å². The highest BCUT2D eigenvalue weighted by atomic mass is 79.9. The van der Waals surface area contributed by atoms with Gasteiger partial charge in [0.2, 0.25) is 0 Å². The summed E-state index contributed by atoms with van der Waals surface area (Å²) in [5.74, 6) is 0. The van der Waals surface area contributed by atoms with Crippen LogP contribution in [-0.2, 0) is 11.2 Å². The molecule has 2 N–H and O–H groups in total. The summed E-state index contributed by atoms with van der Waals surface area (Å²) in [6, 6.07) is 4.17. The first-order valence-electron chi connectivity index (χ1n) is 5.45. The maximum atomic E-state index is 10.8. The Morgan fingerprint density at radius 1 is 1.41 bits per heavy atom. The average Bonchev–Trinajstić information content (AvgIpc) is 2.09. The topological polar surface area (TPSA) is 52.3 Å². The number of carbonyl (C=O) groups is 1. The summed E-state index contributed by atoms with van der Waals surface area (Å²) in [6.07, 6.45) is -0.112. The normalized spacial score (nSPS) is 11.4. The number of nitrogens with two attached hydrogens (primary N) is 1. The molecule has 1 rings (SSSR count). The number of ether oxygens (including phenoxy) is 1. The van der Waals surface area contributed by atoms with Crippen molar-refractivity contribution in [3.05, 3.63) is 33.3 Å². The number of rotatable bonds is 3. The number of carbonyl (C=O) groups excluding carboxylic acids is 1. The van der Waals surface area contributed by atoms with Gasteiger partial charge in [0, 0.05) is 10.9 Å². The van der Waals surface area contributed by atoms with E-state index in [2.05, 4.69) is 28.1 Å². The molecule has 1 aromatic rings. The van der Waals surface area contributed by atoms with E-state index in [4.69, 9.17) is 10.5 Å². The van der Waals surface area contributed by atoms with Crippen molar-refractivity contribution in [1.29, 1.82) is 0 Å². The summed E-state index contributed by atoms with van der Waals surface area (Å²) in [5, 5.41) is 0. The van der Waals surface area contributed by atoms with Crippen molar-refractivity contribution in [2.45, 2.75) is 39.7 Å². The Bertz CT molecular complexity index is 418. The van der Waals surface area contributed by atoms with Crippen LogP contribution in [0.2, 0.25) is 0 Å². The summed E-state index contributed by atoms with van der Waals surface area (Å²) in [4.78, 5) is 10.8. The van der Waals surface area contributed by atoms with Crippen molar-refractivity contribution in [2.24, 2.45) is 5.73 Å². The zero-order chi connectivity index (χ0) is 13.2. The van der Waals surface area contributed by atoms with Crippen LogP contribution < -0.4 is 5.73 Å². The molecule has 0 bridgehead atoms. The van der Waals surface area contributed by atoms with E-state index in [0.29, 0.717) is 6.42 Å². The Balaban J connectivity index is 2.99. The van der Waals surface area contributed by atoms with Crippen LogP contribution in [0.1, 0.15) is 30.5 Å². The number of aryl methyl sites for hydroxylation is 2. The van der Waals surface area contributed by atoms with Gasteiger partial charge in [0.05, 0.1) is 0 Å². The second kappa shape index (κ2) is 5.08. The number of halogens is 1. The van der Waals surface area contributed by atoms with Crippen molar-refractivity contribution in [3.63, 3.8) is 0 Å². The van der Waals surface area contributed by atoms with Crippen molar-refractivity contribution >= 4 is 22.0 Å². The van der Waals surface area contributed by atoms with Crippen molar-refractivity contribution < 1.29 is 9.53 Å². The third-order valence-corrected chi connectivity index (χ3v) is 3.25. The predicted molar refractivity (Wildman–Crippen MR) is 72.1 cm³/mol. The van der Waals surface area contributed by atoms with Gasteiger partial charge in [0.15, 0.2) is 0 Å². The highest BCUT2D eigenvalue weighted by Crippen LogP contribution is 2.27. The van der Waals surface area contributed by atoms with E-state index in [0.717, 1.165) is 10.0 Å². The molecule has 0 aliphatic carbocycles. The fourth-order valence-electron chi connectivity index (χ4n) is 1.90. The summed E-state index contributed by atoms with van der Waals surface area (Å²) in [7, 11) is 0. The van der Waals surface area contributed by atoms with Crippen LogP contribution in [0.4, 0.5) is 4.79 Å². The van der Waals surface area contributed by atoms with E-state index in [1.807, 2.05) is 27.7 Å². The summed E-state index contributed by atoms with van der Waals surface area (Å²) in [6.45, 7) is 7.80. The first kappa shape index (κ1) is 14.0. The Morgan fingerprint density at radius 2 is 2.00 bits per heavy atom. The molecule has 0 aliphatic heterocycles. The molecule has 0 aromatic heterocycles. The molecule has 0 saturated carbocycles. The second-order valence-electron chi connectivity index (χ2n) is 4.90. The lowest BCUT2D eigenvalue weighted by atomic mass is 9.94. The fraction of sp³-hybridized carbons (Fsp3) is 0.462.